The number of aliphatic imine (C=N–C) groups is 1. The Kier molecular flexibility index (Phi) is 9.15. The van der Waals surface area contributed by atoms with E-state index in [1.807, 2.05) is 24.3 Å². The Bertz CT molecular complexity index is 806. The molecule has 1 atom stereocenters. The predicted molar refractivity (Wildman–Crippen MR) is 121 cm³/mol. The number of rotatable bonds is 11. The smallest absolute Gasteiger partial charge is 0.226 e. The van der Waals surface area contributed by atoms with Crippen LogP contribution in [0.15, 0.2) is 33.8 Å². The number of hydrogen-bond acceptors (Lipinski definition) is 6. The van der Waals surface area contributed by atoms with E-state index in [1.165, 1.54) is 6.42 Å². The molecular formula is C23H35N5O3. The molecular weight excluding hydrogens is 394 g/mol. The average molecular weight is 430 g/mol. The Morgan fingerprint density at radius 3 is 2.81 bits per heavy atom. The summed E-state index contributed by atoms with van der Waals surface area (Å²) in [5.74, 6) is 3.75. The number of unbranched alkanes of at least 4 members (excludes halogenated alkanes) is 2. The second kappa shape index (κ2) is 12.3. The van der Waals surface area contributed by atoms with Gasteiger partial charge in [-0.05, 0) is 50.5 Å². The summed E-state index contributed by atoms with van der Waals surface area (Å²) in [6, 6.07) is 7.66. The van der Waals surface area contributed by atoms with Crippen molar-refractivity contribution in [3.8, 4) is 17.1 Å². The van der Waals surface area contributed by atoms with Gasteiger partial charge in [0.1, 0.15) is 5.75 Å². The van der Waals surface area contributed by atoms with E-state index in [9.17, 15) is 0 Å². The Morgan fingerprint density at radius 1 is 1.23 bits per heavy atom. The molecule has 1 aliphatic rings. The molecule has 1 aromatic carbocycles. The monoisotopic (exact) mass is 429 g/mol. The number of guanidine groups is 1. The minimum Gasteiger partial charge on any atom is -0.497 e. The number of hydrogen-bond donors (Lipinski definition) is 1. The van der Waals surface area contributed by atoms with Gasteiger partial charge in [0.2, 0.25) is 11.7 Å². The highest BCUT2D eigenvalue weighted by molar-refractivity contribution is 5.80. The zero-order chi connectivity index (χ0) is 21.9. The van der Waals surface area contributed by atoms with Gasteiger partial charge in [0.05, 0.1) is 13.7 Å². The van der Waals surface area contributed by atoms with Crippen LogP contribution in [0.2, 0.25) is 0 Å². The number of aryl methyl sites for hydroxylation is 1. The summed E-state index contributed by atoms with van der Waals surface area (Å²) < 4.78 is 15.9. The van der Waals surface area contributed by atoms with Crippen molar-refractivity contribution in [3.63, 3.8) is 0 Å². The molecule has 1 saturated heterocycles. The summed E-state index contributed by atoms with van der Waals surface area (Å²) in [6.45, 7) is 6.72. The molecule has 0 saturated carbocycles. The molecule has 3 rings (SSSR count). The number of nitrogens with zero attached hydrogens (tertiary/aromatic N) is 4. The Balaban J connectivity index is 1.38. The molecule has 8 heteroatoms. The average Bonchev–Trinajstić information content (AvgIpc) is 3.46. The Labute approximate surface area is 185 Å². The predicted octanol–water partition coefficient (Wildman–Crippen LogP) is 3.39. The van der Waals surface area contributed by atoms with E-state index in [4.69, 9.17) is 19.0 Å². The van der Waals surface area contributed by atoms with Crippen molar-refractivity contribution in [3.05, 3.63) is 30.2 Å². The van der Waals surface area contributed by atoms with Gasteiger partial charge < -0.3 is 24.2 Å². The molecule has 31 heavy (non-hydrogen) atoms. The molecule has 0 aliphatic carbocycles. The van der Waals surface area contributed by atoms with Crippen LogP contribution >= 0.6 is 0 Å². The standard InChI is InChI=1S/C23H35N5O3/c1-4-24-23(28-15-13-18(16-28)17-29-2)25-14-7-5-6-8-21-26-22(27-31-21)19-9-11-20(30-3)12-10-19/h9-12,18H,4-8,13-17H2,1-3H3,(H,24,25). The number of ether oxygens (including phenoxy) is 2. The summed E-state index contributed by atoms with van der Waals surface area (Å²) in [5, 5.41) is 7.52. The second-order valence-corrected chi connectivity index (χ2v) is 7.84. The van der Waals surface area contributed by atoms with Crippen LogP contribution in [-0.2, 0) is 11.2 Å². The number of benzene rings is 1. The van der Waals surface area contributed by atoms with Crippen LogP contribution in [0, 0.1) is 5.92 Å². The summed E-state index contributed by atoms with van der Waals surface area (Å²) >= 11 is 0. The lowest BCUT2D eigenvalue weighted by molar-refractivity contribution is 0.157. The van der Waals surface area contributed by atoms with Crippen molar-refractivity contribution in [1.29, 1.82) is 0 Å². The number of aromatic nitrogens is 2. The van der Waals surface area contributed by atoms with Crippen molar-refractivity contribution >= 4 is 5.96 Å². The minimum absolute atomic E-state index is 0.603. The highest BCUT2D eigenvalue weighted by Crippen LogP contribution is 2.20. The van der Waals surface area contributed by atoms with Crippen LogP contribution in [0.5, 0.6) is 5.75 Å². The van der Waals surface area contributed by atoms with Crippen LogP contribution in [0.1, 0.15) is 38.5 Å². The van der Waals surface area contributed by atoms with E-state index in [-0.39, 0.29) is 0 Å². The summed E-state index contributed by atoms with van der Waals surface area (Å²) in [6.07, 6.45) is 5.09. The van der Waals surface area contributed by atoms with Crippen molar-refractivity contribution in [2.24, 2.45) is 10.9 Å². The van der Waals surface area contributed by atoms with Crippen LogP contribution in [0.4, 0.5) is 0 Å². The molecule has 1 N–H and O–H groups in total. The molecule has 0 amide bonds. The second-order valence-electron chi connectivity index (χ2n) is 7.84. The normalized spacial score (nSPS) is 16.7. The molecule has 0 radical (unpaired) electrons. The first-order valence-corrected chi connectivity index (χ1v) is 11.2. The van der Waals surface area contributed by atoms with Crippen LogP contribution < -0.4 is 10.1 Å². The quantitative estimate of drug-likeness (QED) is 0.333. The van der Waals surface area contributed by atoms with Gasteiger partial charge >= 0.3 is 0 Å². The van der Waals surface area contributed by atoms with Gasteiger partial charge in [-0.1, -0.05) is 11.6 Å². The highest BCUT2D eigenvalue weighted by atomic mass is 16.5. The molecule has 1 unspecified atom stereocenters. The van der Waals surface area contributed by atoms with Gasteiger partial charge in [-0.3, -0.25) is 4.99 Å². The van der Waals surface area contributed by atoms with Gasteiger partial charge in [-0.2, -0.15) is 4.98 Å². The fourth-order valence-electron chi connectivity index (χ4n) is 3.79. The van der Waals surface area contributed by atoms with Crippen LogP contribution in [-0.4, -0.2) is 68.0 Å². The van der Waals surface area contributed by atoms with E-state index in [1.54, 1.807) is 14.2 Å². The maximum Gasteiger partial charge on any atom is 0.226 e. The summed E-state index contributed by atoms with van der Waals surface area (Å²) in [4.78, 5) is 11.7. The van der Waals surface area contributed by atoms with Crippen LogP contribution in [0.25, 0.3) is 11.4 Å². The first-order valence-electron chi connectivity index (χ1n) is 11.2. The first kappa shape index (κ1) is 23.1. The number of methoxy groups -OCH3 is 2. The molecule has 1 fully saturated rings. The van der Waals surface area contributed by atoms with E-state index in [0.29, 0.717) is 17.6 Å². The topological polar surface area (TPSA) is 85.0 Å². The van der Waals surface area contributed by atoms with Gasteiger partial charge in [0, 0.05) is 51.2 Å². The third-order valence-corrected chi connectivity index (χ3v) is 5.45. The third kappa shape index (κ3) is 6.95. The SMILES string of the molecule is CCNC(=NCCCCCc1nc(-c2ccc(OC)cc2)no1)N1CCC(COC)C1. The largest absolute Gasteiger partial charge is 0.497 e. The van der Waals surface area contributed by atoms with Gasteiger partial charge in [0.25, 0.3) is 0 Å². The Morgan fingerprint density at radius 2 is 2.06 bits per heavy atom. The molecule has 1 aromatic heterocycles. The maximum absolute atomic E-state index is 5.40. The van der Waals surface area contributed by atoms with Crippen molar-refractivity contribution in [2.75, 3.05) is 47.0 Å². The van der Waals surface area contributed by atoms with Crippen molar-refractivity contribution in [1.82, 2.24) is 20.4 Å². The van der Waals surface area contributed by atoms with E-state index >= 15 is 0 Å². The van der Waals surface area contributed by atoms with E-state index < -0.39 is 0 Å². The lowest BCUT2D eigenvalue weighted by atomic mass is 10.1. The zero-order valence-electron chi connectivity index (χ0n) is 19.0. The molecule has 0 bridgehead atoms. The van der Waals surface area contributed by atoms with Gasteiger partial charge in [-0.25, -0.2) is 0 Å². The minimum atomic E-state index is 0.603. The molecule has 2 aromatic rings. The lowest BCUT2D eigenvalue weighted by Crippen LogP contribution is -2.40. The first-order chi connectivity index (χ1) is 15.2. The van der Waals surface area contributed by atoms with Crippen LogP contribution in [0.3, 0.4) is 0 Å². The number of nitrogens with one attached hydrogen (secondary N) is 1. The molecule has 8 nitrogen and oxygen atoms in total. The van der Waals surface area contributed by atoms with Crippen molar-refractivity contribution in [2.45, 2.75) is 39.0 Å². The van der Waals surface area contributed by atoms with E-state index in [0.717, 1.165) is 75.7 Å². The summed E-state index contributed by atoms with van der Waals surface area (Å²) in [5.41, 5.74) is 0.927. The lowest BCUT2D eigenvalue weighted by Gasteiger charge is -2.21. The third-order valence-electron chi connectivity index (χ3n) is 5.45. The summed E-state index contributed by atoms with van der Waals surface area (Å²) in [7, 11) is 3.43. The molecule has 170 valence electrons. The Hall–Kier alpha value is -2.61. The van der Waals surface area contributed by atoms with Crippen molar-refractivity contribution < 1.29 is 14.0 Å². The maximum atomic E-state index is 5.40. The van der Waals surface area contributed by atoms with Gasteiger partial charge in [-0.15, -0.1) is 0 Å². The highest BCUT2D eigenvalue weighted by Gasteiger charge is 2.24. The number of likely N-dealkylation sites (tertiary alicyclic amines) is 1. The zero-order valence-corrected chi connectivity index (χ0v) is 19.0. The fraction of sp³-hybridized carbons (Fsp3) is 0.609. The van der Waals surface area contributed by atoms with E-state index in [2.05, 4.69) is 27.3 Å². The van der Waals surface area contributed by atoms with Gasteiger partial charge in [0.15, 0.2) is 5.96 Å². The molecule has 0 spiro atoms. The molecule has 2 heterocycles. The molecule has 1 aliphatic heterocycles. The fourth-order valence-corrected chi connectivity index (χ4v) is 3.79.